The Morgan fingerprint density at radius 1 is 0.900 bits per heavy atom. The molecule has 0 bridgehead atoms. The summed E-state index contributed by atoms with van der Waals surface area (Å²) in [5.74, 6) is 0.257. The fraction of sp³-hybridized carbons (Fsp3) is 0.933. The van der Waals surface area contributed by atoms with Gasteiger partial charge in [0, 0.05) is 13.0 Å². The van der Waals surface area contributed by atoms with E-state index in [-0.39, 0.29) is 5.75 Å². The second kappa shape index (κ2) is 13.4. The average Bonchev–Trinajstić information content (AvgIpc) is 2.41. The second-order valence-corrected chi connectivity index (χ2v) is 7.23. The van der Waals surface area contributed by atoms with Crippen LogP contribution in [0.2, 0.25) is 0 Å². The maximum absolute atomic E-state index is 11.7. The highest BCUT2D eigenvalue weighted by Gasteiger charge is 2.08. The molecule has 0 aromatic carbocycles. The Kier molecular flexibility index (Phi) is 13.0. The van der Waals surface area contributed by atoms with Crippen LogP contribution in [0.15, 0.2) is 0 Å². The SMILES string of the molecule is CCCCCCCCS(=O)(=O)NCCCCCCC#N. The van der Waals surface area contributed by atoms with Gasteiger partial charge in [0.2, 0.25) is 10.0 Å². The highest BCUT2D eigenvalue weighted by molar-refractivity contribution is 7.89. The first kappa shape index (κ1) is 19.4. The first-order valence-corrected chi connectivity index (χ1v) is 9.62. The van der Waals surface area contributed by atoms with Crippen molar-refractivity contribution >= 4 is 10.0 Å². The fourth-order valence-corrected chi connectivity index (χ4v) is 3.24. The van der Waals surface area contributed by atoms with Crippen molar-refractivity contribution < 1.29 is 8.42 Å². The Hall–Kier alpha value is -0.600. The predicted molar refractivity (Wildman–Crippen MR) is 83.9 cm³/mol. The molecule has 0 spiro atoms. The molecule has 0 aromatic rings. The molecule has 0 aliphatic rings. The van der Waals surface area contributed by atoms with E-state index < -0.39 is 10.0 Å². The van der Waals surface area contributed by atoms with Crippen molar-refractivity contribution in [2.24, 2.45) is 0 Å². The molecule has 1 N–H and O–H groups in total. The van der Waals surface area contributed by atoms with E-state index >= 15 is 0 Å². The summed E-state index contributed by atoms with van der Waals surface area (Å²) < 4.78 is 26.1. The summed E-state index contributed by atoms with van der Waals surface area (Å²) >= 11 is 0. The average molecular weight is 302 g/mol. The van der Waals surface area contributed by atoms with Gasteiger partial charge in [0.25, 0.3) is 0 Å². The van der Waals surface area contributed by atoms with Gasteiger partial charge in [-0.1, -0.05) is 51.9 Å². The van der Waals surface area contributed by atoms with Gasteiger partial charge in [-0.3, -0.25) is 0 Å². The zero-order chi connectivity index (χ0) is 15.1. The Morgan fingerprint density at radius 3 is 2.20 bits per heavy atom. The first-order valence-electron chi connectivity index (χ1n) is 7.96. The van der Waals surface area contributed by atoms with Gasteiger partial charge >= 0.3 is 0 Å². The number of hydrogen-bond donors (Lipinski definition) is 1. The van der Waals surface area contributed by atoms with Crippen LogP contribution in [-0.2, 0) is 10.0 Å². The molecule has 0 rings (SSSR count). The van der Waals surface area contributed by atoms with Crippen molar-refractivity contribution in [1.29, 1.82) is 5.26 Å². The van der Waals surface area contributed by atoms with E-state index in [1.165, 1.54) is 19.3 Å². The predicted octanol–water partition coefficient (Wildman–Crippen LogP) is 3.74. The highest BCUT2D eigenvalue weighted by Crippen LogP contribution is 2.06. The molecule has 0 saturated carbocycles. The summed E-state index contributed by atoms with van der Waals surface area (Å²) in [4.78, 5) is 0. The third-order valence-corrected chi connectivity index (χ3v) is 4.77. The quantitative estimate of drug-likeness (QED) is 0.497. The van der Waals surface area contributed by atoms with Gasteiger partial charge in [0.15, 0.2) is 0 Å². The molecule has 0 saturated heterocycles. The molecule has 0 unspecified atom stereocenters. The van der Waals surface area contributed by atoms with E-state index in [1.807, 2.05) is 0 Å². The first-order chi connectivity index (χ1) is 9.62. The highest BCUT2D eigenvalue weighted by atomic mass is 32.2. The second-order valence-electron chi connectivity index (χ2n) is 5.30. The molecular weight excluding hydrogens is 272 g/mol. The fourth-order valence-electron chi connectivity index (χ4n) is 2.05. The third-order valence-electron chi connectivity index (χ3n) is 3.30. The van der Waals surface area contributed by atoms with Crippen molar-refractivity contribution in [3.05, 3.63) is 0 Å². The van der Waals surface area contributed by atoms with Crippen LogP contribution in [-0.4, -0.2) is 20.7 Å². The van der Waals surface area contributed by atoms with E-state index in [0.717, 1.165) is 44.9 Å². The summed E-state index contributed by atoms with van der Waals surface area (Å²) in [7, 11) is -3.07. The maximum Gasteiger partial charge on any atom is 0.211 e. The summed E-state index contributed by atoms with van der Waals surface area (Å²) in [6.07, 6.45) is 11.0. The Labute approximate surface area is 125 Å². The van der Waals surface area contributed by atoms with Gasteiger partial charge in [-0.15, -0.1) is 0 Å². The molecule has 0 aliphatic heterocycles. The van der Waals surface area contributed by atoms with Crippen LogP contribution in [0.3, 0.4) is 0 Å². The number of unbranched alkanes of at least 4 members (excludes halogenated alkanes) is 9. The van der Waals surface area contributed by atoms with Crippen molar-refractivity contribution in [3.63, 3.8) is 0 Å². The van der Waals surface area contributed by atoms with Crippen LogP contribution in [0.4, 0.5) is 0 Å². The molecule has 0 fully saturated rings. The van der Waals surface area contributed by atoms with E-state index in [1.54, 1.807) is 0 Å². The number of nitrogens with zero attached hydrogens (tertiary/aromatic N) is 1. The van der Waals surface area contributed by atoms with Gasteiger partial charge in [0.1, 0.15) is 0 Å². The normalized spacial score (nSPS) is 11.4. The molecule has 5 heteroatoms. The van der Waals surface area contributed by atoms with E-state index in [2.05, 4.69) is 17.7 Å². The summed E-state index contributed by atoms with van der Waals surface area (Å²) in [6, 6.07) is 2.11. The lowest BCUT2D eigenvalue weighted by molar-refractivity contribution is 0.564. The summed E-state index contributed by atoms with van der Waals surface area (Å²) in [6.45, 7) is 2.71. The van der Waals surface area contributed by atoms with Gasteiger partial charge in [-0.05, 0) is 19.3 Å². The number of sulfonamides is 1. The topological polar surface area (TPSA) is 70.0 Å². The van der Waals surface area contributed by atoms with Crippen LogP contribution >= 0.6 is 0 Å². The van der Waals surface area contributed by atoms with Gasteiger partial charge in [-0.25, -0.2) is 13.1 Å². The van der Waals surface area contributed by atoms with Crippen LogP contribution in [0, 0.1) is 11.3 Å². The number of nitrogens with one attached hydrogen (secondary N) is 1. The molecule has 118 valence electrons. The summed E-state index contributed by atoms with van der Waals surface area (Å²) in [5.41, 5.74) is 0. The molecule has 0 amide bonds. The van der Waals surface area contributed by atoms with Crippen LogP contribution < -0.4 is 4.72 Å². The molecule has 0 aliphatic carbocycles. The number of rotatable bonds is 14. The van der Waals surface area contributed by atoms with Crippen LogP contribution in [0.5, 0.6) is 0 Å². The molecule has 0 radical (unpaired) electrons. The molecule has 20 heavy (non-hydrogen) atoms. The zero-order valence-electron chi connectivity index (χ0n) is 12.9. The monoisotopic (exact) mass is 302 g/mol. The lowest BCUT2D eigenvalue weighted by Gasteiger charge is -2.06. The molecule has 0 heterocycles. The Balaban J connectivity index is 3.43. The Morgan fingerprint density at radius 2 is 1.50 bits per heavy atom. The number of hydrogen-bond acceptors (Lipinski definition) is 3. The molecule has 4 nitrogen and oxygen atoms in total. The maximum atomic E-state index is 11.7. The van der Waals surface area contributed by atoms with Gasteiger partial charge in [-0.2, -0.15) is 5.26 Å². The zero-order valence-corrected chi connectivity index (χ0v) is 13.7. The molecule has 0 aromatic heterocycles. The molecule has 0 atom stereocenters. The van der Waals surface area contributed by atoms with E-state index in [0.29, 0.717) is 13.0 Å². The minimum absolute atomic E-state index is 0.257. The van der Waals surface area contributed by atoms with E-state index in [4.69, 9.17) is 5.26 Å². The lowest BCUT2D eigenvalue weighted by Crippen LogP contribution is -2.27. The van der Waals surface area contributed by atoms with Crippen molar-refractivity contribution in [1.82, 2.24) is 4.72 Å². The van der Waals surface area contributed by atoms with Crippen molar-refractivity contribution in [3.8, 4) is 6.07 Å². The van der Waals surface area contributed by atoms with Crippen molar-refractivity contribution in [2.45, 2.75) is 77.6 Å². The smallest absolute Gasteiger partial charge is 0.211 e. The minimum Gasteiger partial charge on any atom is -0.215 e. The van der Waals surface area contributed by atoms with Crippen molar-refractivity contribution in [2.75, 3.05) is 12.3 Å². The Bertz CT molecular complexity index is 347. The van der Waals surface area contributed by atoms with Crippen LogP contribution in [0.25, 0.3) is 0 Å². The lowest BCUT2D eigenvalue weighted by atomic mass is 10.1. The number of nitriles is 1. The summed E-state index contributed by atoms with van der Waals surface area (Å²) in [5, 5.41) is 8.38. The molecular formula is C15H30N2O2S. The van der Waals surface area contributed by atoms with Gasteiger partial charge < -0.3 is 0 Å². The van der Waals surface area contributed by atoms with Gasteiger partial charge in [0.05, 0.1) is 11.8 Å². The third kappa shape index (κ3) is 13.8. The standard InChI is InChI=1S/C15H30N2O2S/c1-2-3-4-5-9-12-15-20(18,19)17-14-11-8-6-7-10-13-16/h17H,2-12,14-15H2,1H3. The van der Waals surface area contributed by atoms with E-state index in [9.17, 15) is 8.42 Å². The van der Waals surface area contributed by atoms with Crippen LogP contribution in [0.1, 0.15) is 77.6 Å². The largest absolute Gasteiger partial charge is 0.215 e. The minimum atomic E-state index is -3.07.